The number of benzene rings is 1. The number of halogens is 2. The third-order valence-electron chi connectivity index (χ3n) is 1.75. The summed E-state index contributed by atoms with van der Waals surface area (Å²) in [6.07, 6.45) is 6.10. The monoisotopic (exact) mass is 212 g/mol. The molecule has 1 unspecified atom stereocenters. The van der Waals surface area contributed by atoms with Crippen molar-refractivity contribution in [1.82, 2.24) is 0 Å². The van der Waals surface area contributed by atoms with Crippen molar-refractivity contribution in [2.24, 2.45) is 5.92 Å². The van der Waals surface area contributed by atoms with E-state index in [1.165, 1.54) is 0 Å². The van der Waals surface area contributed by atoms with Crippen molar-refractivity contribution < 1.29 is 0 Å². The van der Waals surface area contributed by atoms with E-state index in [1.807, 2.05) is 19.1 Å². The highest BCUT2D eigenvalue weighted by atomic mass is 35.5. The number of rotatable bonds is 2. The molecule has 0 nitrogen and oxygen atoms in total. The standard InChI is InChI=1S/C11H10Cl2/c1-3-8(2)4-9-5-10(12)7-11(13)6-9/h1,5-8H,4H2,2H3. The summed E-state index contributed by atoms with van der Waals surface area (Å²) in [7, 11) is 0. The van der Waals surface area contributed by atoms with Crippen LogP contribution in [0.2, 0.25) is 10.0 Å². The lowest BCUT2D eigenvalue weighted by atomic mass is 10.0. The topological polar surface area (TPSA) is 0 Å². The van der Waals surface area contributed by atoms with E-state index in [2.05, 4.69) is 5.92 Å². The van der Waals surface area contributed by atoms with E-state index in [0.717, 1.165) is 12.0 Å². The van der Waals surface area contributed by atoms with Crippen molar-refractivity contribution >= 4 is 23.2 Å². The number of terminal acetylenes is 1. The molecule has 0 aliphatic carbocycles. The molecule has 0 radical (unpaired) electrons. The molecule has 0 amide bonds. The van der Waals surface area contributed by atoms with Gasteiger partial charge in [-0.3, -0.25) is 0 Å². The Kier molecular flexibility index (Phi) is 3.66. The van der Waals surface area contributed by atoms with Crippen LogP contribution in [0.1, 0.15) is 12.5 Å². The van der Waals surface area contributed by atoms with E-state index in [0.29, 0.717) is 10.0 Å². The molecular weight excluding hydrogens is 203 g/mol. The van der Waals surface area contributed by atoms with Crippen molar-refractivity contribution in [3.8, 4) is 12.3 Å². The first-order valence-electron chi connectivity index (χ1n) is 4.03. The SMILES string of the molecule is C#CC(C)Cc1cc(Cl)cc(Cl)c1. The fourth-order valence-corrected chi connectivity index (χ4v) is 1.71. The van der Waals surface area contributed by atoms with Crippen LogP contribution in [-0.4, -0.2) is 0 Å². The molecule has 0 saturated carbocycles. The lowest BCUT2D eigenvalue weighted by Crippen LogP contribution is -1.95. The Morgan fingerprint density at radius 1 is 1.31 bits per heavy atom. The molecule has 0 saturated heterocycles. The Hall–Kier alpha value is -0.640. The van der Waals surface area contributed by atoms with Gasteiger partial charge in [0.15, 0.2) is 0 Å². The normalized spacial score (nSPS) is 12.2. The highest BCUT2D eigenvalue weighted by Gasteiger charge is 2.02. The molecule has 0 aliphatic rings. The van der Waals surface area contributed by atoms with Crippen molar-refractivity contribution in [3.63, 3.8) is 0 Å². The number of hydrogen-bond donors (Lipinski definition) is 0. The van der Waals surface area contributed by atoms with Crippen LogP contribution in [0.5, 0.6) is 0 Å². The zero-order valence-electron chi connectivity index (χ0n) is 7.35. The smallest absolute Gasteiger partial charge is 0.0423 e. The van der Waals surface area contributed by atoms with Gasteiger partial charge in [-0.05, 0) is 30.2 Å². The summed E-state index contributed by atoms with van der Waals surface area (Å²) in [5, 5.41) is 1.32. The molecule has 0 N–H and O–H groups in total. The molecule has 1 atom stereocenters. The summed E-state index contributed by atoms with van der Waals surface area (Å²) < 4.78 is 0. The Labute approximate surface area is 88.9 Å². The zero-order chi connectivity index (χ0) is 9.84. The van der Waals surface area contributed by atoms with Crippen LogP contribution in [0.25, 0.3) is 0 Å². The van der Waals surface area contributed by atoms with E-state index < -0.39 is 0 Å². The van der Waals surface area contributed by atoms with Crippen LogP contribution < -0.4 is 0 Å². The lowest BCUT2D eigenvalue weighted by Gasteiger charge is -2.05. The van der Waals surface area contributed by atoms with Crippen molar-refractivity contribution in [1.29, 1.82) is 0 Å². The fraction of sp³-hybridized carbons (Fsp3) is 0.273. The van der Waals surface area contributed by atoms with Gasteiger partial charge < -0.3 is 0 Å². The Morgan fingerprint density at radius 2 is 1.85 bits per heavy atom. The van der Waals surface area contributed by atoms with Crippen LogP contribution in [0, 0.1) is 18.3 Å². The summed E-state index contributed by atoms with van der Waals surface area (Å²) in [5.74, 6) is 2.88. The quantitative estimate of drug-likeness (QED) is 0.655. The summed E-state index contributed by atoms with van der Waals surface area (Å²) >= 11 is 11.7. The second-order valence-corrected chi connectivity index (χ2v) is 3.92. The summed E-state index contributed by atoms with van der Waals surface area (Å²) in [6, 6.07) is 5.50. The first-order chi connectivity index (χ1) is 6.11. The molecule has 0 bridgehead atoms. The van der Waals surface area contributed by atoms with Gasteiger partial charge in [-0.15, -0.1) is 12.3 Å². The van der Waals surface area contributed by atoms with Gasteiger partial charge in [-0.25, -0.2) is 0 Å². The van der Waals surface area contributed by atoms with Crippen molar-refractivity contribution in [2.75, 3.05) is 0 Å². The number of hydrogen-bond acceptors (Lipinski definition) is 0. The largest absolute Gasteiger partial charge is 0.120 e. The highest BCUT2D eigenvalue weighted by Crippen LogP contribution is 2.20. The molecular formula is C11H10Cl2. The van der Waals surface area contributed by atoms with Gasteiger partial charge in [0, 0.05) is 16.0 Å². The molecule has 68 valence electrons. The molecule has 0 fully saturated rings. The van der Waals surface area contributed by atoms with Crippen LogP contribution >= 0.6 is 23.2 Å². The minimum atomic E-state index is 0.217. The molecule has 0 spiro atoms. The predicted molar refractivity (Wildman–Crippen MR) is 58.2 cm³/mol. The summed E-state index contributed by atoms with van der Waals surface area (Å²) in [6.45, 7) is 1.99. The second-order valence-electron chi connectivity index (χ2n) is 3.05. The lowest BCUT2D eigenvalue weighted by molar-refractivity contribution is 0.751. The van der Waals surface area contributed by atoms with Crippen LogP contribution in [0.15, 0.2) is 18.2 Å². The van der Waals surface area contributed by atoms with Gasteiger partial charge >= 0.3 is 0 Å². The maximum Gasteiger partial charge on any atom is 0.0423 e. The molecule has 0 aromatic heterocycles. The predicted octanol–water partition coefficient (Wildman–Crippen LogP) is 3.81. The van der Waals surface area contributed by atoms with E-state index in [4.69, 9.17) is 29.6 Å². The van der Waals surface area contributed by atoms with E-state index in [1.54, 1.807) is 6.07 Å². The third-order valence-corrected chi connectivity index (χ3v) is 2.19. The van der Waals surface area contributed by atoms with Crippen molar-refractivity contribution in [2.45, 2.75) is 13.3 Å². The minimum Gasteiger partial charge on any atom is -0.120 e. The Morgan fingerprint density at radius 3 is 2.31 bits per heavy atom. The average Bonchev–Trinajstić information content (AvgIpc) is 2.02. The van der Waals surface area contributed by atoms with Crippen LogP contribution in [-0.2, 0) is 6.42 Å². The zero-order valence-corrected chi connectivity index (χ0v) is 8.86. The molecule has 0 aliphatic heterocycles. The molecule has 1 aromatic rings. The van der Waals surface area contributed by atoms with Gasteiger partial charge in [-0.2, -0.15) is 0 Å². The highest BCUT2D eigenvalue weighted by molar-refractivity contribution is 6.34. The molecule has 13 heavy (non-hydrogen) atoms. The first-order valence-corrected chi connectivity index (χ1v) is 4.78. The van der Waals surface area contributed by atoms with E-state index in [-0.39, 0.29) is 5.92 Å². The van der Waals surface area contributed by atoms with Crippen molar-refractivity contribution in [3.05, 3.63) is 33.8 Å². The summed E-state index contributed by atoms with van der Waals surface area (Å²) in [5.41, 5.74) is 1.09. The molecule has 2 heteroatoms. The molecule has 1 rings (SSSR count). The van der Waals surface area contributed by atoms with Gasteiger partial charge in [-0.1, -0.05) is 30.1 Å². The van der Waals surface area contributed by atoms with Crippen LogP contribution in [0.3, 0.4) is 0 Å². The van der Waals surface area contributed by atoms with Crippen LogP contribution in [0.4, 0.5) is 0 Å². The Bertz CT molecular complexity index is 316. The maximum absolute atomic E-state index is 5.84. The Balaban J connectivity index is 2.84. The average molecular weight is 213 g/mol. The van der Waals surface area contributed by atoms with Gasteiger partial charge in [0.25, 0.3) is 0 Å². The maximum atomic E-state index is 5.84. The van der Waals surface area contributed by atoms with E-state index >= 15 is 0 Å². The first kappa shape index (κ1) is 10.4. The van der Waals surface area contributed by atoms with Gasteiger partial charge in [0.05, 0.1) is 0 Å². The molecule has 0 heterocycles. The third kappa shape index (κ3) is 3.30. The fourth-order valence-electron chi connectivity index (χ4n) is 1.14. The van der Waals surface area contributed by atoms with Gasteiger partial charge in [0.1, 0.15) is 0 Å². The second kappa shape index (κ2) is 4.56. The van der Waals surface area contributed by atoms with E-state index in [9.17, 15) is 0 Å². The summed E-state index contributed by atoms with van der Waals surface area (Å²) in [4.78, 5) is 0. The minimum absolute atomic E-state index is 0.217. The van der Waals surface area contributed by atoms with Gasteiger partial charge in [0.2, 0.25) is 0 Å². The molecule has 1 aromatic carbocycles.